The number of amides is 1. The minimum absolute atomic E-state index is 0.232. The van der Waals surface area contributed by atoms with Gasteiger partial charge in [0.1, 0.15) is 6.04 Å². The number of carbonyl (C=O) groups excluding carboxylic acids is 1. The van der Waals surface area contributed by atoms with Crippen molar-refractivity contribution in [1.29, 1.82) is 0 Å². The highest BCUT2D eigenvalue weighted by Crippen LogP contribution is 2.31. The molecule has 0 aromatic carbocycles. The minimum atomic E-state index is -0.980. The highest BCUT2D eigenvalue weighted by Gasteiger charge is 2.35. The number of nitrogens with two attached hydrogens (primary N) is 1. The van der Waals surface area contributed by atoms with Gasteiger partial charge in [0.2, 0.25) is 5.91 Å². The van der Waals surface area contributed by atoms with Gasteiger partial charge >= 0.3 is 5.97 Å². The first-order valence-corrected chi connectivity index (χ1v) is 7.16. The van der Waals surface area contributed by atoms with Gasteiger partial charge in [-0.1, -0.05) is 0 Å². The second kappa shape index (κ2) is 6.26. The Balaban J connectivity index is 2.37. The van der Waals surface area contributed by atoms with Gasteiger partial charge in [0.05, 0.1) is 0 Å². The van der Waals surface area contributed by atoms with Crippen molar-refractivity contribution in [2.45, 2.75) is 43.7 Å². The molecule has 1 saturated carbocycles. The summed E-state index contributed by atoms with van der Waals surface area (Å²) in [7, 11) is 0. The number of hydrogen-bond donors (Lipinski definition) is 3. The first kappa shape index (κ1) is 14.3. The summed E-state index contributed by atoms with van der Waals surface area (Å²) in [5.74, 6) is -0.516. The van der Waals surface area contributed by atoms with E-state index >= 15 is 0 Å². The fraction of sp³-hybridized carbons (Fsp3) is 0.818. The zero-order valence-electron chi connectivity index (χ0n) is 10.1. The highest BCUT2D eigenvalue weighted by atomic mass is 32.2. The van der Waals surface area contributed by atoms with Crippen molar-refractivity contribution in [2.24, 2.45) is 5.73 Å². The lowest BCUT2D eigenvalue weighted by Crippen LogP contribution is -2.52. The zero-order valence-corrected chi connectivity index (χ0v) is 10.9. The van der Waals surface area contributed by atoms with Crippen molar-refractivity contribution in [3.8, 4) is 0 Å². The summed E-state index contributed by atoms with van der Waals surface area (Å²) < 4.78 is 0. The van der Waals surface area contributed by atoms with Gasteiger partial charge in [-0.05, 0) is 37.7 Å². The standard InChI is InChI=1S/C11H20N2O3S/c1-17-6-3-8(10(15)16)13-9(14)7-11(12)4-2-5-11/h8H,2-7,12H2,1H3,(H,13,14)(H,15,16)/t8-/m0/s1. The lowest BCUT2D eigenvalue weighted by Gasteiger charge is -2.37. The zero-order chi connectivity index (χ0) is 12.9. The van der Waals surface area contributed by atoms with Crippen molar-refractivity contribution < 1.29 is 14.7 Å². The second-order valence-corrected chi connectivity index (χ2v) is 5.62. The van der Waals surface area contributed by atoms with E-state index in [1.54, 1.807) is 11.8 Å². The molecule has 1 atom stereocenters. The molecule has 5 nitrogen and oxygen atoms in total. The largest absolute Gasteiger partial charge is 0.480 e. The smallest absolute Gasteiger partial charge is 0.326 e. The number of rotatable bonds is 7. The number of carboxylic acids is 1. The van der Waals surface area contributed by atoms with Gasteiger partial charge in [0, 0.05) is 12.0 Å². The summed E-state index contributed by atoms with van der Waals surface area (Å²) in [6, 6.07) is -0.793. The normalized spacial score (nSPS) is 19.2. The molecule has 0 unspecified atom stereocenters. The molecule has 1 aliphatic carbocycles. The quantitative estimate of drug-likeness (QED) is 0.622. The molecule has 0 aromatic rings. The van der Waals surface area contributed by atoms with Crippen LogP contribution in [0.5, 0.6) is 0 Å². The molecule has 0 aliphatic heterocycles. The topological polar surface area (TPSA) is 92.4 Å². The summed E-state index contributed by atoms with van der Waals surface area (Å²) in [6.07, 6.45) is 5.34. The molecule has 0 heterocycles. The van der Waals surface area contributed by atoms with Crippen molar-refractivity contribution in [1.82, 2.24) is 5.32 Å². The van der Waals surface area contributed by atoms with E-state index in [0.717, 1.165) is 19.3 Å². The van der Waals surface area contributed by atoms with Crippen LogP contribution in [0, 0.1) is 0 Å². The Kier molecular flexibility index (Phi) is 5.27. The third kappa shape index (κ3) is 4.55. The van der Waals surface area contributed by atoms with Gasteiger partial charge < -0.3 is 16.2 Å². The summed E-state index contributed by atoms with van der Waals surface area (Å²) in [4.78, 5) is 22.6. The van der Waals surface area contributed by atoms with Gasteiger partial charge in [-0.15, -0.1) is 0 Å². The van der Waals surface area contributed by atoms with Crippen LogP contribution in [0.4, 0.5) is 0 Å². The monoisotopic (exact) mass is 260 g/mol. The van der Waals surface area contributed by atoms with Gasteiger partial charge in [-0.2, -0.15) is 11.8 Å². The molecular weight excluding hydrogens is 240 g/mol. The SMILES string of the molecule is CSCC[C@H](NC(=O)CC1(N)CCC1)C(=O)O. The molecule has 1 aliphatic rings. The Labute approximate surface area is 106 Å². The van der Waals surface area contributed by atoms with Crippen LogP contribution in [0.1, 0.15) is 32.1 Å². The van der Waals surface area contributed by atoms with Crippen LogP contribution < -0.4 is 11.1 Å². The Morgan fingerprint density at radius 2 is 2.18 bits per heavy atom. The Hall–Kier alpha value is -0.750. The lowest BCUT2D eigenvalue weighted by molar-refractivity contribution is -0.142. The van der Waals surface area contributed by atoms with E-state index in [1.165, 1.54) is 0 Å². The molecular formula is C11H20N2O3S. The van der Waals surface area contributed by atoms with Crippen LogP contribution in [-0.4, -0.2) is 40.6 Å². The van der Waals surface area contributed by atoms with Gasteiger partial charge in [-0.25, -0.2) is 4.79 Å². The highest BCUT2D eigenvalue weighted by molar-refractivity contribution is 7.98. The molecule has 0 spiro atoms. The van der Waals surface area contributed by atoms with E-state index in [1.807, 2.05) is 6.26 Å². The number of hydrogen-bond acceptors (Lipinski definition) is 4. The Morgan fingerprint density at radius 1 is 1.53 bits per heavy atom. The van der Waals surface area contributed by atoms with E-state index in [2.05, 4.69) is 5.32 Å². The van der Waals surface area contributed by atoms with E-state index < -0.39 is 17.6 Å². The maximum absolute atomic E-state index is 11.7. The first-order valence-electron chi connectivity index (χ1n) is 5.77. The molecule has 1 fully saturated rings. The van der Waals surface area contributed by atoms with Crippen LogP contribution in [0.3, 0.4) is 0 Å². The van der Waals surface area contributed by atoms with Crippen LogP contribution in [0.15, 0.2) is 0 Å². The van der Waals surface area contributed by atoms with E-state index in [9.17, 15) is 9.59 Å². The van der Waals surface area contributed by atoms with E-state index in [4.69, 9.17) is 10.8 Å². The predicted octanol–water partition coefficient (Wildman–Crippen LogP) is 0.580. The summed E-state index contributed by atoms with van der Waals surface area (Å²) in [6.45, 7) is 0. The fourth-order valence-corrected chi connectivity index (χ4v) is 2.34. The molecule has 6 heteroatoms. The third-order valence-electron chi connectivity index (χ3n) is 3.11. The average Bonchev–Trinajstić information content (AvgIpc) is 2.21. The molecule has 1 amide bonds. The molecule has 0 bridgehead atoms. The number of aliphatic carboxylic acids is 1. The second-order valence-electron chi connectivity index (χ2n) is 4.63. The van der Waals surface area contributed by atoms with Crippen LogP contribution >= 0.6 is 11.8 Å². The maximum atomic E-state index is 11.7. The van der Waals surface area contributed by atoms with Crippen LogP contribution in [0.2, 0.25) is 0 Å². The average molecular weight is 260 g/mol. The van der Waals surface area contributed by atoms with Gasteiger partial charge in [0.25, 0.3) is 0 Å². The Morgan fingerprint density at radius 3 is 2.59 bits per heavy atom. The van der Waals surface area contributed by atoms with E-state index in [-0.39, 0.29) is 12.3 Å². The number of thioether (sulfide) groups is 1. The molecule has 0 saturated heterocycles. The van der Waals surface area contributed by atoms with Crippen molar-refractivity contribution in [3.05, 3.63) is 0 Å². The molecule has 17 heavy (non-hydrogen) atoms. The summed E-state index contributed by atoms with van der Waals surface area (Å²) >= 11 is 1.56. The number of nitrogens with one attached hydrogen (secondary N) is 1. The molecule has 98 valence electrons. The lowest BCUT2D eigenvalue weighted by atomic mass is 9.75. The van der Waals surface area contributed by atoms with Gasteiger partial charge in [-0.3, -0.25) is 4.79 Å². The Bertz CT molecular complexity index is 292. The summed E-state index contributed by atoms with van der Waals surface area (Å²) in [5.41, 5.74) is 5.55. The molecule has 0 aromatic heterocycles. The predicted molar refractivity (Wildman–Crippen MR) is 68.0 cm³/mol. The third-order valence-corrected chi connectivity index (χ3v) is 3.75. The molecule has 0 radical (unpaired) electrons. The van der Waals surface area contributed by atoms with Crippen LogP contribution in [-0.2, 0) is 9.59 Å². The fourth-order valence-electron chi connectivity index (χ4n) is 1.87. The minimum Gasteiger partial charge on any atom is -0.480 e. The first-order chi connectivity index (χ1) is 7.97. The maximum Gasteiger partial charge on any atom is 0.326 e. The van der Waals surface area contributed by atoms with Crippen molar-refractivity contribution in [2.75, 3.05) is 12.0 Å². The van der Waals surface area contributed by atoms with Gasteiger partial charge in [0.15, 0.2) is 0 Å². The van der Waals surface area contributed by atoms with E-state index in [0.29, 0.717) is 12.2 Å². The van der Waals surface area contributed by atoms with Crippen molar-refractivity contribution in [3.63, 3.8) is 0 Å². The number of carbonyl (C=O) groups is 2. The summed E-state index contributed by atoms with van der Waals surface area (Å²) in [5, 5.41) is 11.5. The number of carboxylic acid groups (broad SMARTS) is 1. The molecule has 4 N–H and O–H groups in total. The van der Waals surface area contributed by atoms with Crippen LogP contribution in [0.25, 0.3) is 0 Å². The van der Waals surface area contributed by atoms with Crippen molar-refractivity contribution >= 4 is 23.6 Å². The molecule has 1 rings (SSSR count).